The molecule has 0 saturated carbocycles. The number of benzene rings is 1. The molecule has 7 nitrogen and oxygen atoms in total. The smallest absolute Gasteiger partial charge is 0.356 e. The Morgan fingerprint density at radius 2 is 2.08 bits per heavy atom. The maximum atomic E-state index is 12.6. The summed E-state index contributed by atoms with van der Waals surface area (Å²) in [6.07, 6.45) is -1.28. The number of anilines is 1. The first-order valence-corrected chi connectivity index (χ1v) is 7.33. The number of alkyl halides is 3. The van der Waals surface area contributed by atoms with Crippen LogP contribution in [-0.4, -0.2) is 28.7 Å². The van der Waals surface area contributed by atoms with Crippen LogP contribution in [0, 0.1) is 0 Å². The molecule has 1 aliphatic rings. The van der Waals surface area contributed by atoms with E-state index in [1.165, 1.54) is 6.20 Å². The van der Waals surface area contributed by atoms with Crippen LogP contribution in [0.3, 0.4) is 0 Å². The Hall–Kier alpha value is -3.01. The van der Waals surface area contributed by atoms with Gasteiger partial charge in [0.25, 0.3) is 0 Å². The van der Waals surface area contributed by atoms with Gasteiger partial charge in [0.1, 0.15) is 18.2 Å². The molecule has 130 valence electrons. The first kappa shape index (κ1) is 15.5. The summed E-state index contributed by atoms with van der Waals surface area (Å²) in [5.74, 6) is -0.818. The average Bonchev–Trinajstić information content (AvgIpc) is 3.19. The summed E-state index contributed by atoms with van der Waals surface area (Å²) in [4.78, 5) is 6.57. The molecule has 0 spiro atoms. The summed E-state index contributed by atoms with van der Waals surface area (Å²) in [5, 5.41) is 10.3. The predicted octanol–water partition coefficient (Wildman–Crippen LogP) is 2.25. The molecule has 1 atom stereocenters. The number of hydrogen-bond acceptors (Lipinski definition) is 5. The van der Waals surface area contributed by atoms with Gasteiger partial charge in [-0.15, -0.1) is 0 Å². The van der Waals surface area contributed by atoms with Gasteiger partial charge in [0, 0.05) is 17.1 Å². The number of aromatic nitrogens is 2. The fourth-order valence-electron chi connectivity index (χ4n) is 2.71. The summed E-state index contributed by atoms with van der Waals surface area (Å²) in [7, 11) is 0. The number of hydrogen-bond donors (Lipinski definition) is 4. The van der Waals surface area contributed by atoms with Crippen LogP contribution in [0.1, 0.15) is 11.1 Å². The molecule has 10 heteroatoms. The second-order valence-electron chi connectivity index (χ2n) is 5.68. The lowest BCUT2D eigenvalue weighted by molar-refractivity contribution is -0.118. The van der Waals surface area contributed by atoms with E-state index in [2.05, 4.69) is 25.8 Å². The normalized spacial score (nSPS) is 21.8. The first-order chi connectivity index (χ1) is 11.8. The zero-order valence-electron chi connectivity index (χ0n) is 12.7. The molecule has 0 saturated heterocycles. The SMILES string of the molecule is NC1(c2ccc3oncc3c2)NC(=NCC(F)(F)F)c2cc[nH]c2N1. The number of aliphatic imine (C=N–C) groups is 1. The van der Waals surface area contributed by atoms with Crippen LogP contribution in [0.15, 0.2) is 46.2 Å². The minimum absolute atomic E-state index is 0.0558. The van der Waals surface area contributed by atoms with Crippen LogP contribution in [0.2, 0.25) is 0 Å². The molecule has 0 radical (unpaired) electrons. The number of fused-ring (bicyclic) bond motifs is 2. The van der Waals surface area contributed by atoms with Crippen molar-refractivity contribution in [2.45, 2.75) is 12.0 Å². The van der Waals surface area contributed by atoms with Crippen molar-refractivity contribution in [3.8, 4) is 0 Å². The maximum absolute atomic E-state index is 12.6. The van der Waals surface area contributed by atoms with Gasteiger partial charge in [-0.05, 0) is 24.3 Å². The molecule has 25 heavy (non-hydrogen) atoms. The van der Waals surface area contributed by atoms with E-state index in [-0.39, 0.29) is 5.84 Å². The van der Waals surface area contributed by atoms with Crippen LogP contribution in [-0.2, 0) is 5.79 Å². The van der Waals surface area contributed by atoms with Crippen molar-refractivity contribution in [3.63, 3.8) is 0 Å². The summed E-state index contributed by atoms with van der Waals surface area (Å²) in [6.45, 7) is -1.30. The van der Waals surface area contributed by atoms with E-state index >= 15 is 0 Å². The molecule has 1 aromatic carbocycles. The van der Waals surface area contributed by atoms with Crippen molar-refractivity contribution in [2.24, 2.45) is 10.7 Å². The number of nitrogens with two attached hydrogens (primary N) is 1. The number of H-pyrrole nitrogens is 1. The van der Waals surface area contributed by atoms with Crippen LogP contribution in [0.5, 0.6) is 0 Å². The van der Waals surface area contributed by atoms with E-state index in [0.29, 0.717) is 22.5 Å². The quantitative estimate of drug-likeness (QED) is 0.567. The molecular formula is C15H13F3N6O. The molecule has 5 N–H and O–H groups in total. The highest BCUT2D eigenvalue weighted by Gasteiger charge is 2.36. The van der Waals surface area contributed by atoms with Crippen molar-refractivity contribution in [3.05, 3.63) is 47.8 Å². The van der Waals surface area contributed by atoms with Crippen molar-refractivity contribution in [1.29, 1.82) is 0 Å². The summed E-state index contributed by atoms with van der Waals surface area (Å²) in [6, 6.07) is 6.74. The number of amidine groups is 1. The fourth-order valence-corrected chi connectivity index (χ4v) is 2.71. The van der Waals surface area contributed by atoms with E-state index in [0.717, 1.165) is 5.39 Å². The Labute approximate surface area is 139 Å². The van der Waals surface area contributed by atoms with Gasteiger partial charge in [-0.1, -0.05) is 5.16 Å². The zero-order chi connectivity index (χ0) is 17.7. The summed E-state index contributed by atoms with van der Waals surface area (Å²) in [5.41, 5.74) is 8.04. The van der Waals surface area contributed by atoms with Crippen LogP contribution in [0.25, 0.3) is 11.0 Å². The number of aromatic amines is 1. The topological polar surface area (TPSA) is 104 Å². The summed E-state index contributed by atoms with van der Waals surface area (Å²) >= 11 is 0. The third-order valence-corrected chi connectivity index (χ3v) is 3.86. The molecule has 1 unspecified atom stereocenters. The van der Waals surface area contributed by atoms with Crippen LogP contribution >= 0.6 is 0 Å². The Morgan fingerprint density at radius 1 is 1.24 bits per heavy atom. The van der Waals surface area contributed by atoms with Crippen molar-refractivity contribution in [1.82, 2.24) is 15.5 Å². The Bertz CT molecular complexity index is 959. The van der Waals surface area contributed by atoms with Gasteiger partial charge in [0.15, 0.2) is 11.4 Å². The monoisotopic (exact) mass is 350 g/mol. The maximum Gasteiger partial charge on any atom is 0.408 e. The molecule has 0 amide bonds. The molecule has 3 aromatic rings. The molecule has 0 bridgehead atoms. The van der Waals surface area contributed by atoms with Gasteiger partial charge in [-0.2, -0.15) is 13.2 Å². The van der Waals surface area contributed by atoms with E-state index in [1.54, 1.807) is 30.5 Å². The van der Waals surface area contributed by atoms with E-state index < -0.39 is 18.5 Å². The van der Waals surface area contributed by atoms with Gasteiger partial charge in [-0.3, -0.25) is 10.7 Å². The van der Waals surface area contributed by atoms with E-state index in [4.69, 9.17) is 10.3 Å². The Balaban J connectivity index is 1.75. The second-order valence-corrected chi connectivity index (χ2v) is 5.68. The minimum Gasteiger partial charge on any atom is -0.356 e. The number of nitrogens with zero attached hydrogens (tertiary/aromatic N) is 2. The average molecular weight is 350 g/mol. The van der Waals surface area contributed by atoms with E-state index in [9.17, 15) is 13.2 Å². The van der Waals surface area contributed by atoms with Gasteiger partial charge >= 0.3 is 6.18 Å². The van der Waals surface area contributed by atoms with Gasteiger partial charge in [-0.25, -0.2) is 0 Å². The van der Waals surface area contributed by atoms with Crippen molar-refractivity contribution >= 4 is 22.6 Å². The minimum atomic E-state index is -4.41. The highest BCUT2D eigenvalue weighted by atomic mass is 19.4. The van der Waals surface area contributed by atoms with Crippen LogP contribution in [0.4, 0.5) is 19.0 Å². The lowest BCUT2D eigenvalue weighted by atomic mass is 10.0. The molecule has 0 fully saturated rings. The van der Waals surface area contributed by atoms with Crippen molar-refractivity contribution < 1.29 is 17.7 Å². The highest BCUT2D eigenvalue weighted by molar-refractivity contribution is 6.05. The lowest BCUT2D eigenvalue weighted by Gasteiger charge is -2.37. The van der Waals surface area contributed by atoms with Crippen LogP contribution < -0.4 is 16.4 Å². The molecule has 1 aliphatic heterocycles. The zero-order valence-corrected chi connectivity index (χ0v) is 12.7. The second kappa shape index (κ2) is 5.24. The number of halogens is 3. The third kappa shape index (κ3) is 2.80. The Morgan fingerprint density at radius 3 is 2.88 bits per heavy atom. The highest BCUT2D eigenvalue weighted by Crippen LogP contribution is 2.29. The summed E-state index contributed by atoms with van der Waals surface area (Å²) < 4.78 is 42.7. The molecular weight excluding hydrogens is 337 g/mol. The first-order valence-electron chi connectivity index (χ1n) is 7.33. The molecule has 2 aromatic heterocycles. The molecule has 3 heterocycles. The predicted molar refractivity (Wildman–Crippen MR) is 84.9 cm³/mol. The van der Waals surface area contributed by atoms with Crippen molar-refractivity contribution in [2.75, 3.05) is 11.9 Å². The standard InChI is InChI=1S/C15H13F3N6O/c16-14(17,18)7-21-13-10-3-4-20-12(10)23-15(19,24-13)9-1-2-11-8(5-9)6-22-25-11/h1-6,20,23H,7,19H2,(H,21,24). The molecule has 4 rings (SSSR count). The Kier molecular flexibility index (Phi) is 3.25. The van der Waals surface area contributed by atoms with Gasteiger partial charge < -0.3 is 20.1 Å². The largest absolute Gasteiger partial charge is 0.408 e. The lowest BCUT2D eigenvalue weighted by Crippen LogP contribution is -2.61. The van der Waals surface area contributed by atoms with Gasteiger partial charge in [0.05, 0.1) is 11.8 Å². The third-order valence-electron chi connectivity index (χ3n) is 3.86. The fraction of sp³-hybridized carbons (Fsp3) is 0.200. The van der Waals surface area contributed by atoms with E-state index in [1.807, 2.05) is 0 Å². The number of nitrogens with one attached hydrogen (secondary N) is 3. The van der Waals surface area contributed by atoms with Gasteiger partial charge in [0.2, 0.25) is 0 Å². The number of rotatable bonds is 2. The molecule has 0 aliphatic carbocycles.